The van der Waals surface area contributed by atoms with Crippen LogP contribution >= 0.6 is 0 Å². The zero-order chi connectivity index (χ0) is 24.3. The van der Waals surface area contributed by atoms with Gasteiger partial charge >= 0.3 is 12.3 Å². The molecule has 1 amide bonds. The van der Waals surface area contributed by atoms with Gasteiger partial charge < -0.3 is 28.8 Å². The van der Waals surface area contributed by atoms with Crippen molar-refractivity contribution in [3.63, 3.8) is 0 Å². The first kappa shape index (κ1) is 23.0. The first-order valence-corrected chi connectivity index (χ1v) is 10.2. The van der Waals surface area contributed by atoms with E-state index in [4.69, 9.17) is 14.0 Å². The number of carbonyl (C=O) groups is 2. The molecule has 1 aliphatic heterocycles. The summed E-state index contributed by atoms with van der Waals surface area (Å²) in [5.41, 5.74) is 2.51. The predicted octanol–water partition coefficient (Wildman–Crippen LogP) is 3.92. The molecule has 178 valence electrons. The number of hydrogen-bond acceptors (Lipinski definition) is 8. The number of rotatable bonds is 8. The Morgan fingerprint density at radius 1 is 1.06 bits per heavy atom. The number of anilines is 1. The first-order valence-electron chi connectivity index (χ1n) is 10.2. The van der Waals surface area contributed by atoms with Gasteiger partial charge in [0.25, 0.3) is 5.91 Å². The Morgan fingerprint density at radius 2 is 1.79 bits per heavy atom. The van der Waals surface area contributed by atoms with Crippen LogP contribution in [0.5, 0.6) is 17.2 Å². The van der Waals surface area contributed by atoms with Crippen LogP contribution in [0.3, 0.4) is 0 Å². The number of halogens is 2. The van der Waals surface area contributed by atoms with Gasteiger partial charge in [0.05, 0.1) is 17.7 Å². The minimum absolute atomic E-state index is 0.0451. The Kier molecular flexibility index (Phi) is 6.35. The highest BCUT2D eigenvalue weighted by atomic mass is 19.3. The van der Waals surface area contributed by atoms with Crippen LogP contribution in [0.1, 0.15) is 22.6 Å². The van der Waals surface area contributed by atoms with Crippen molar-refractivity contribution in [2.75, 3.05) is 11.9 Å². The van der Waals surface area contributed by atoms with Gasteiger partial charge in [-0.15, -0.1) is 8.78 Å². The largest absolute Gasteiger partial charge is 0.586 e. The van der Waals surface area contributed by atoms with Crippen molar-refractivity contribution in [2.45, 2.75) is 33.2 Å². The van der Waals surface area contributed by atoms with E-state index in [0.717, 1.165) is 11.3 Å². The Morgan fingerprint density at radius 3 is 2.50 bits per heavy atom. The monoisotopic (exact) mass is 474 g/mol. The number of nitrogens with zero attached hydrogens (tertiary/aromatic N) is 1. The van der Waals surface area contributed by atoms with Gasteiger partial charge in [-0.25, -0.2) is 0 Å². The lowest BCUT2D eigenvalue weighted by molar-refractivity contribution is -0.286. The second-order valence-electron chi connectivity index (χ2n) is 7.45. The number of esters is 1. The number of benzene rings is 2. The zero-order valence-corrected chi connectivity index (χ0v) is 18.2. The van der Waals surface area contributed by atoms with Crippen molar-refractivity contribution < 1.29 is 41.8 Å². The summed E-state index contributed by atoms with van der Waals surface area (Å²) in [7, 11) is 0. The van der Waals surface area contributed by atoms with Gasteiger partial charge in [0, 0.05) is 11.8 Å². The molecule has 0 unspecified atom stereocenters. The molecular weight excluding hydrogens is 454 g/mol. The normalized spacial score (nSPS) is 13.4. The first-order chi connectivity index (χ1) is 16.2. The molecule has 2 heterocycles. The predicted molar refractivity (Wildman–Crippen MR) is 113 cm³/mol. The molecule has 3 aromatic rings. The quantitative estimate of drug-likeness (QED) is 0.490. The molecule has 0 fully saturated rings. The molecule has 1 aromatic heterocycles. The van der Waals surface area contributed by atoms with E-state index in [-0.39, 0.29) is 23.6 Å². The highest BCUT2D eigenvalue weighted by molar-refractivity contribution is 5.93. The fourth-order valence-electron chi connectivity index (χ4n) is 3.15. The average Bonchev–Trinajstić information content (AvgIpc) is 3.27. The third kappa shape index (κ3) is 5.61. The number of hydrogen-bond donors (Lipinski definition) is 1. The number of ether oxygens (including phenoxy) is 4. The summed E-state index contributed by atoms with van der Waals surface area (Å²) >= 11 is 0. The molecule has 4 rings (SSSR count). The molecule has 0 atom stereocenters. The Labute approximate surface area is 192 Å². The van der Waals surface area contributed by atoms with E-state index in [1.54, 1.807) is 24.3 Å². The number of amides is 1. The van der Waals surface area contributed by atoms with E-state index < -0.39 is 24.8 Å². The molecule has 0 radical (unpaired) electrons. The molecule has 34 heavy (non-hydrogen) atoms. The van der Waals surface area contributed by atoms with Gasteiger partial charge in [-0.1, -0.05) is 17.3 Å². The lowest BCUT2D eigenvalue weighted by Gasteiger charge is -2.08. The summed E-state index contributed by atoms with van der Waals surface area (Å²) in [6.07, 6.45) is -3.79. The summed E-state index contributed by atoms with van der Waals surface area (Å²) in [5, 5.41) is 6.31. The maximum Gasteiger partial charge on any atom is 0.586 e. The highest BCUT2D eigenvalue weighted by Crippen LogP contribution is 2.42. The second-order valence-corrected chi connectivity index (χ2v) is 7.45. The lowest BCUT2D eigenvalue weighted by Crippen LogP contribution is -2.25. The van der Waals surface area contributed by atoms with Crippen molar-refractivity contribution in [1.29, 1.82) is 0 Å². The molecule has 0 spiro atoms. The molecule has 9 nitrogen and oxygen atoms in total. The Balaban J connectivity index is 1.21. The second kappa shape index (κ2) is 9.38. The molecule has 0 saturated heterocycles. The van der Waals surface area contributed by atoms with Crippen LogP contribution in [-0.2, 0) is 27.4 Å². The van der Waals surface area contributed by atoms with E-state index in [0.29, 0.717) is 23.7 Å². The SMILES string of the molecule is Cc1noc(C)c1COc1ccc(CC(=O)OCC(=O)Nc2ccc3c(c2)OC(F)(F)O3)cc1. The number of aryl methyl sites for hydroxylation is 2. The molecule has 1 N–H and O–H groups in total. The highest BCUT2D eigenvalue weighted by Gasteiger charge is 2.43. The standard InChI is InChI=1S/C23H20F2N2O7/c1-13-18(14(2)34-27-13)11-30-17-6-3-15(4-7-17)9-22(29)31-12-21(28)26-16-5-8-19-20(10-16)33-23(24,25)32-19/h3-8,10H,9,11-12H2,1-2H3,(H,26,28). The van der Waals surface area contributed by atoms with E-state index >= 15 is 0 Å². The number of aromatic nitrogens is 1. The summed E-state index contributed by atoms with van der Waals surface area (Å²) in [6, 6.07) is 10.6. The molecule has 0 aliphatic carbocycles. The maximum atomic E-state index is 13.1. The fourth-order valence-corrected chi connectivity index (χ4v) is 3.15. The average molecular weight is 474 g/mol. The topological polar surface area (TPSA) is 109 Å². The Bertz CT molecular complexity index is 1190. The summed E-state index contributed by atoms with van der Waals surface area (Å²) < 4.78 is 50.5. The molecule has 0 saturated carbocycles. The van der Waals surface area contributed by atoms with Crippen LogP contribution in [-0.4, -0.2) is 29.9 Å². The molecule has 0 bridgehead atoms. The van der Waals surface area contributed by atoms with E-state index in [9.17, 15) is 18.4 Å². The minimum atomic E-state index is -3.75. The number of nitrogens with one attached hydrogen (secondary N) is 1. The van der Waals surface area contributed by atoms with Crippen molar-refractivity contribution in [1.82, 2.24) is 5.16 Å². The number of fused-ring (bicyclic) bond motifs is 1. The Hall–Kier alpha value is -4.15. The van der Waals surface area contributed by atoms with Crippen molar-refractivity contribution >= 4 is 17.6 Å². The maximum absolute atomic E-state index is 13.1. The van der Waals surface area contributed by atoms with Gasteiger partial charge in [-0.3, -0.25) is 9.59 Å². The van der Waals surface area contributed by atoms with Crippen LogP contribution in [0, 0.1) is 13.8 Å². The van der Waals surface area contributed by atoms with Crippen molar-refractivity contribution in [3.8, 4) is 17.2 Å². The van der Waals surface area contributed by atoms with Crippen LogP contribution < -0.4 is 19.5 Å². The van der Waals surface area contributed by atoms with Gasteiger partial charge in [-0.2, -0.15) is 0 Å². The smallest absolute Gasteiger partial charge is 0.489 e. The van der Waals surface area contributed by atoms with Crippen LogP contribution in [0.15, 0.2) is 47.0 Å². The molecule has 2 aromatic carbocycles. The third-order valence-electron chi connectivity index (χ3n) is 4.89. The molecule has 1 aliphatic rings. The van der Waals surface area contributed by atoms with E-state index in [2.05, 4.69) is 19.9 Å². The van der Waals surface area contributed by atoms with Crippen LogP contribution in [0.4, 0.5) is 14.5 Å². The van der Waals surface area contributed by atoms with E-state index in [1.807, 2.05) is 13.8 Å². The minimum Gasteiger partial charge on any atom is -0.489 e. The van der Waals surface area contributed by atoms with Crippen LogP contribution in [0.25, 0.3) is 0 Å². The van der Waals surface area contributed by atoms with E-state index in [1.165, 1.54) is 18.2 Å². The van der Waals surface area contributed by atoms with Gasteiger partial charge in [-0.05, 0) is 43.7 Å². The molecule has 11 heteroatoms. The van der Waals surface area contributed by atoms with Gasteiger partial charge in [0.2, 0.25) is 0 Å². The van der Waals surface area contributed by atoms with Crippen molar-refractivity contribution in [2.24, 2.45) is 0 Å². The summed E-state index contributed by atoms with van der Waals surface area (Å²) in [4.78, 5) is 24.1. The molecular formula is C23H20F2N2O7. The summed E-state index contributed by atoms with van der Waals surface area (Å²) in [5.74, 6) is -0.292. The number of alkyl halides is 2. The van der Waals surface area contributed by atoms with Gasteiger partial charge in [0.1, 0.15) is 18.1 Å². The summed E-state index contributed by atoms with van der Waals surface area (Å²) in [6.45, 7) is 3.41. The fraction of sp³-hybridized carbons (Fsp3) is 0.261. The third-order valence-corrected chi connectivity index (χ3v) is 4.89. The van der Waals surface area contributed by atoms with Gasteiger partial charge in [0.15, 0.2) is 18.1 Å². The zero-order valence-electron chi connectivity index (χ0n) is 18.2. The number of carbonyl (C=O) groups excluding carboxylic acids is 2. The van der Waals surface area contributed by atoms with Crippen molar-refractivity contribution in [3.05, 3.63) is 65.0 Å². The van der Waals surface area contributed by atoms with Crippen LogP contribution in [0.2, 0.25) is 0 Å². The lowest BCUT2D eigenvalue weighted by atomic mass is 10.1.